The first-order valence-electron chi connectivity index (χ1n) is 7.38. The van der Waals surface area contributed by atoms with Gasteiger partial charge in [-0.05, 0) is 25.0 Å². The molecule has 0 radical (unpaired) electrons. The topological polar surface area (TPSA) is 72.6 Å². The molecule has 114 valence electrons. The molecule has 2 rings (SSSR count). The highest BCUT2D eigenvalue weighted by Crippen LogP contribution is 2.41. The van der Waals surface area contributed by atoms with Gasteiger partial charge < -0.3 is 10.5 Å². The van der Waals surface area contributed by atoms with Crippen molar-refractivity contribution in [3.8, 4) is 5.75 Å². The quantitative estimate of drug-likeness (QED) is 0.814. The zero-order chi connectivity index (χ0) is 15.5. The van der Waals surface area contributed by atoms with Crippen LogP contribution in [0.2, 0.25) is 0 Å². The molecule has 0 aliphatic carbocycles. The van der Waals surface area contributed by atoms with Crippen LogP contribution >= 0.6 is 0 Å². The van der Waals surface area contributed by atoms with E-state index in [0.29, 0.717) is 37.4 Å². The number of nitrogens with two attached hydrogens (primary N) is 1. The molecule has 0 saturated carbocycles. The van der Waals surface area contributed by atoms with Crippen molar-refractivity contribution < 1.29 is 14.3 Å². The molecule has 1 aromatic carbocycles. The minimum Gasteiger partial charge on any atom is -0.492 e. The normalized spacial score (nSPS) is 17.4. The average Bonchev–Trinajstić information content (AvgIpc) is 2.76. The molecule has 0 spiro atoms. The lowest BCUT2D eigenvalue weighted by molar-refractivity contribution is -0.126. The number of ether oxygens (including phenoxy) is 1. The van der Waals surface area contributed by atoms with E-state index >= 15 is 0 Å². The highest BCUT2D eigenvalue weighted by Gasteiger charge is 2.49. The molecule has 5 heteroatoms. The minimum atomic E-state index is -0.550. The molecule has 0 aromatic heterocycles. The van der Waals surface area contributed by atoms with E-state index in [9.17, 15) is 9.59 Å². The van der Waals surface area contributed by atoms with Gasteiger partial charge in [0, 0.05) is 19.0 Å². The molecule has 0 bridgehead atoms. The molecule has 2 N–H and O–H groups in total. The predicted octanol–water partition coefficient (Wildman–Crippen LogP) is 2.09. The van der Waals surface area contributed by atoms with Gasteiger partial charge in [-0.3, -0.25) is 9.59 Å². The van der Waals surface area contributed by atoms with Crippen molar-refractivity contribution in [3.05, 3.63) is 24.3 Å². The lowest BCUT2D eigenvalue weighted by Gasteiger charge is -2.23. The Morgan fingerprint density at radius 1 is 1.29 bits per heavy atom. The molecule has 5 nitrogen and oxygen atoms in total. The third kappa shape index (κ3) is 2.78. The van der Waals surface area contributed by atoms with Gasteiger partial charge in [0.2, 0.25) is 11.8 Å². The largest absolute Gasteiger partial charge is 0.492 e. The fraction of sp³-hybridized carbons (Fsp3) is 0.500. The summed E-state index contributed by atoms with van der Waals surface area (Å²) >= 11 is 0. The Kier molecular flexibility index (Phi) is 4.63. The Labute approximate surface area is 125 Å². The summed E-state index contributed by atoms with van der Waals surface area (Å²) in [4.78, 5) is 26.3. The second-order valence-corrected chi connectivity index (χ2v) is 5.33. The third-order valence-corrected chi connectivity index (χ3v) is 4.21. The van der Waals surface area contributed by atoms with Crippen LogP contribution in [0.15, 0.2) is 24.3 Å². The molecule has 1 aliphatic rings. The van der Waals surface area contributed by atoms with Crippen molar-refractivity contribution in [1.82, 2.24) is 0 Å². The van der Waals surface area contributed by atoms with Crippen molar-refractivity contribution in [1.29, 1.82) is 0 Å². The van der Waals surface area contributed by atoms with Crippen LogP contribution in [0.3, 0.4) is 0 Å². The van der Waals surface area contributed by atoms with E-state index in [4.69, 9.17) is 10.5 Å². The van der Waals surface area contributed by atoms with Crippen LogP contribution in [0, 0.1) is 5.41 Å². The van der Waals surface area contributed by atoms with Crippen LogP contribution in [0.25, 0.3) is 0 Å². The average molecular weight is 290 g/mol. The van der Waals surface area contributed by atoms with Gasteiger partial charge in [0.1, 0.15) is 12.4 Å². The second-order valence-electron chi connectivity index (χ2n) is 5.33. The number of benzene rings is 1. The Hall–Kier alpha value is -1.88. The number of nitrogens with zero attached hydrogens (tertiary/aromatic N) is 1. The number of anilines is 1. The number of hydrogen-bond donors (Lipinski definition) is 1. The van der Waals surface area contributed by atoms with Gasteiger partial charge in [0.15, 0.2) is 0 Å². The first-order valence-corrected chi connectivity index (χ1v) is 7.38. The summed E-state index contributed by atoms with van der Waals surface area (Å²) in [6.45, 7) is 4.73. The Bertz CT molecular complexity index is 538. The lowest BCUT2D eigenvalue weighted by atomic mass is 9.81. The molecule has 1 heterocycles. The molecule has 0 atom stereocenters. The maximum Gasteiger partial charge on any atom is 0.240 e. The SMILES string of the molecule is CCC1(CC)CC(=O)N(c2cccc(OCCN)c2)C1=O. The number of carbonyl (C=O) groups excluding carboxylic acids is 2. The maximum absolute atomic E-state index is 12.7. The first kappa shape index (κ1) is 15.5. The second kappa shape index (κ2) is 6.26. The summed E-state index contributed by atoms with van der Waals surface area (Å²) in [5.41, 5.74) is 5.43. The molecule has 2 amide bonds. The summed E-state index contributed by atoms with van der Waals surface area (Å²) < 4.78 is 5.46. The fourth-order valence-electron chi connectivity index (χ4n) is 2.75. The highest BCUT2D eigenvalue weighted by atomic mass is 16.5. The summed E-state index contributed by atoms with van der Waals surface area (Å²) in [6.07, 6.45) is 1.63. The van der Waals surface area contributed by atoms with Crippen LogP contribution in [0.1, 0.15) is 33.1 Å². The lowest BCUT2D eigenvalue weighted by Crippen LogP contribution is -2.35. The van der Waals surface area contributed by atoms with E-state index in [1.54, 1.807) is 24.3 Å². The van der Waals surface area contributed by atoms with Gasteiger partial charge in [-0.25, -0.2) is 4.90 Å². The summed E-state index contributed by atoms with van der Waals surface area (Å²) in [7, 11) is 0. The molecule has 1 aliphatic heterocycles. The van der Waals surface area contributed by atoms with E-state index in [2.05, 4.69) is 0 Å². The van der Waals surface area contributed by atoms with Gasteiger partial charge in [-0.15, -0.1) is 0 Å². The fourth-order valence-corrected chi connectivity index (χ4v) is 2.75. The smallest absolute Gasteiger partial charge is 0.240 e. The Morgan fingerprint density at radius 2 is 2.00 bits per heavy atom. The third-order valence-electron chi connectivity index (χ3n) is 4.21. The monoisotopic (exact) mass is 290 g/mol. The first-order chi connectivity index (χ1) is 10.1. The Morgan fingerprint density at radius 3 is 2.57 bits per heavy atom. The number of imide groups is 1. The standard InChI is InChI=1S/C16H22N2O3/c1-3-16(4-2)11-14(19)18(15(16)20)12-6-5-7-13(10-12)21-9-8-17/h5-7,10H,3-4,8-9,11,17H2,1-2H3. The Balaban J connectivity index is 2.29. The van der Waals surface area contributed by atoms with Gasteiger partial charge in [-0.2, -0.15) is 0 Å². The van der Waals surface area contributed by atoms with Crippen LogP contribution in [-0.4, -0.2) is 25.0 Å². The number of rotatable bonds is 6. The van der Waals surface area contributed by atoms with Gasteiger partial charge >= 0.3 is 0 Å². The van der Waals surface area contributed by atoms with Crippen LogP contribution < -0.4 is 15.4 Å². The molecule has 1 fully saturated rings. The summed E-state index contributed by atoms with van der Waals surface area (Å²) in [5, 5.41) is 0. The number of carbonyl (C=O) groups is 2. The molecular weight excluding hydrogens is 268 g/mol. The van der Waals surface area contributed by atoms with Gasteiger partial charge in [0.25, 0.3) is 0 Å². The van der Waals surface area contributed by atoms with E-state index < -0.39 is 5.41 Å². The summed E-state index contributed by atoms with van der Waals surface area (Å²) in [5.74, 6) is 0.372. The van der Waals surface area contributed by atoms with Crippen LogP contribution in [0.4, 0.5) is 5.69 Å². The van der Waals surface area contributed by atoms with E-state index in [0.717, 1.165) is 0 Å². The minimum absolute atomic E-state index is 0.103. The molecule has 21 heavy (non-hydrogen) atoms. The predicted molar refractivity (Wildman–Crippen MR) is 81.1 cm³/mol. The number of amides is 2. The molecule has 0 unspecified atom stereocenters. The van der Waals surface area contributed by atoms with Crippen molar-refractivity contribution >= 4 is 17.5 Å². The summed E-state index contributed by atoms with van der Waals surface area (Å²) in [6, 6.07) is 7.04. The van der Waals surface area contributed by atoms with Crippen molar-refractivity contribution in [3.63, 3.8) is 0 Å². The van der Waals surface area contributed by atoms with E-state index in [-0.39, 0.29) is 18.2 Å². The van der Waals surface area contributed by atoms with Crippen molar-refractivity contribution in [2.45, 2.75) is 33.1 Å². The van der Waals surface area contributed by atoms with E-state index in [1.165, 1.54) is 4.90 Å². The van der Waals surface area contributed by atoms with Gasteiger partial charge in [0.05, 0.1) is 11.1 Å². The maximum atomic E-state index is 12.7. The van der Waals surface area contributed by atoms with Crippen LogP contribution in [-0.2, 0) is 9.59 Å². The van der Waals surface area contributed by atoms with E-state index in [1.807, 2.05) is 13.8 Å². The number of hydrogen-bond acceptors (Lipinski definition) is 4. The molecule has 1 aromatic rings. The molecule has 1 saturated heterocycles. The highest BCUT2D eigenvalue weighted by molar-refractivity contribution is 6.22. The van der Waals surface area contributed by atoms with Crippen molar-refractivity contribution in [2.75, 3.05) is 18.1 Å². The van der Waals surface area contributed by atoms with Crippen molar-refractivity contribution in [2.24, 2.45) is 11.1 Å². The van der Waals surface area contributed by atoms with Crippen LogP contribution in [0.5, 0.6) is 5.75 Å². The molecular formula is C16H22N2O3. The zero-order valence-corrected chi connectivity index (χ0v) is 12.6. The van der Waals surface area contributed by atoms with Gasteiger partial charge in [-0.1, -0.05) is 19.9 Å². The zero-order valence-electron chi connectivity index (χ0n) is 12.6.